The Balaban J connectivity index is 2.09. The average Bonchev–Trinajstić information content (AvgIpc) is 2.92. The van der Waals surface area contributed by atoms with E-state index >= 15 is 0 Å². The van der Waals surface area contributed by atoms with Gasteiger partial charge in [-0.05, 0) is 25.7 Å². The summed E-state index contributed by atoms with van der Waals surface area (Å²) in [6, 6.07) is 0. The van der Waals surface area contributed by atoms with Crippen LogP contribution >= 0.6 is 11.3 Å². The van der Waals surface area contributed by atoms with Crippen LogP contribution in [0.25, 0.3) is 10.6 Å². The molecule has 0 aliphatic carbocycles. The summed E-state index contributed by atoms with van der Waals surface area (Å²) in [7, 11) is 1.86. The molecular formula is C16H24N4OS. The number of rotatable bonds is 4. The van der Waals surface area contributed by atoms with Gasteiger partial charge in [-0.2, -0.15) is 5.10 Å². The maximum absolute atomic E-state index is 12.4. The second kappa shape index (κ2) is 5.83. The Morgan fingerprint density at radius 3 is 2.50 bits per heavy atom. The largest absolute Gasteiger partial charge is 0.346 e. The molecule has 5 nitrogen and oxygen atoms in total. The molecule has 0 saturated heterocycles. The molecule has 0 aliphatic rings. The standard InChI is InChI=1S/C16H24N4OS/c1-15(2,3)10-16(4,5)19-13(21)12-8-17-14(22-12)11-7-18-20(6)9-11/h7-9H,10H2,1-6H3,(H,19,21). The molecule has 6 heteroatoms. The molecule has 0 spiro atoms. The lowest BCUT2D eigenvalue weighted by Crippen LogP contribution is -2.45. The van der Waals surface area contributed by atoms with Crippen molar-refractivity contribution in [2.24, 2.45) is 12.5 Å². The zero-order chi connectivity index (χ0) is 16.5. The van der Waals surface area contributed by atoms with Crippen molar-refractivity contribution in [1.82, 2.24) is 20.1 Å². The summed E-state index contributed by atoms with van der Waals surface area (Å²) in [6.07, 6.45) is 6.18. The molecule has 2 aromatic heterocycles. The van der Waals surface area contributed by atoms with Crippen molar-refractivity contribution in [3.63, 3.8) is 0 Å². The van der Waals surface area contributed by atoms with Crippen molar-refractivity contribution in [2.45, 2.75) is 46.6 Å². The molecule has 2 heterocycles. The van der Waals surface area contributed by atoms with E-state index in [9.17, 15) is 4.79 Å². The number of nitrogens with one attached hydrogen (secondary N) is 1. The first-order valence-corrected chi connectivity index (χ1v) is 8.15. The minimum atomic E-state index is -0.256. The number of carbonyl (C=O) groups excluding carboxylic acids is 1. The summed E-state index contributed by atoms with van der Waals surface area (Å²) in [5.41, 5.74) is 0.833. The quantitative estimate of drug-likeness (QED) is 0.938. The van der Waals surface area contributed by atoms with Crippen molar-refractivity contribution < 1.29 is 4.79 Å². The fourth-order valence-electron chi connectivity index (χ4n) is 2.78. The average molecular weight is 320 g/mol. The zero-order valence-corrected chi connectivity index (χ0v) is 14.9. The van der Waals surface area contributed by atoms with Gasteiger partial charge in [-0.25, -0.2) is 4.98 Å². The van der Waals surface area contributed by atoms with E-state index in [2.05, 4.69) is 50.0 Å². The maximum Gasteiger partial charge on any atom is 0.263 e. The Kier molecular flexibility index (Phi) is 4.42. The molecular weight excluding hydrogens is 296 g/mol. The fourth-order valence-corrected chi connectivity index (χ4v) is 3.57. The number of hydrogen-bond acceptors (Lipinski definition) is 4. The topological polar surface area (TPSA) is 59.8 Å². The minimum Gasteiger partial charge on any atom is -0.346 e. The van der Waals surface area contributed by atoms with E-state index < -0.39 is 0 Å². The molecule has 2 rings (SSSR count). The van der Waals surface area contributed by atoms with Crippen LogP contribution in [0.1, 0.15) is 50.7 Å². The fraction of sp³-hybridized carbons (Fsp3) is 0.562. The van der Waals surface area contributed by atoms with Crippen LogP contribution in [-0.4, -0.2) is 26.2 Å². The Morgan fingerprint density at radius 2 is 1.95 bits per heavy atom. The highest BCUT2D eigenvalue weighted by Gasteiger charge is 2.28. The lowest BCUT2D eigenvalue weighted by molar-refractivity contribution is 0.0895. The molecule has 120 valence electrons. The number of carbonyl (C=O) groups is 1. The van der Waals surface area contributed by atoms with Crippen LogP contribution in [0.15, 0.2) is 18.6 Å². The highest BCUT2D eigenvalue weighted by Crippen LogP contribution is 2.28. The van der Waals surface area contributed by atoms with Gasteiger partial charge in [-0.3, -0.25) is 9.48 Å². The van der Waals surface area contributed by atoms with E-state index in [-0.39, 0.29) is 16.9 Å². The first-order valence-electron chi connectivity index (χ1n) is 7.33. The van der Waals surface area contributed by atoms with E-state index in [1.807, 2.05) is 13.2 Å². The van der Waals surface area contributed by atoms with Crippen LogP contribution < -0.4 is 5.32 Å². The molecule has 0 atom stereocenters. The first-order chi connectivity index (χ1) is 10.1. The third-order valence-electron chi connectivity index (χ3n) is 3.11. The van der Waals surface area contributed by atoms with Gasteiger partial charge < -0.3 is 5.32 Å². The third-order valence-corrected chi connectivity index (χ3v) is 4.15. The van der Waals surface area contributed by atoms with Crippen molar-refractivity contribution in [3.05, 3.63) is 23.5 Å². The molecule has 0 unspecified atom stereocenters. The van der Waals surface area contributed by atoms with Crippen LogP contribution in [0.5, 0.6) is 0 Å². The second-order valence-corrected chi connectivity index (χ2v) is 8.54. The summed E-state index contributed by atoms with van der Waals surface area (Å²) < 4.78 is 1.73. The van der Waals surface area contributed by atoms with Crippen molar-refractivity contribution in [1.29, 1.82) is 0 Å². The van der Waals surface area contributed by atoms with Gasteiger partial charge in [0.1, 0.15) is 9.88 Å². The Morgan fingerprint density at radius 1 is 1.27 bits per heavy atom. The molecule has 0 bridgehead atoms. The van der Waals surface area contributed by atoms with Crippen LogP contribution in [-0.2, 0) is 7.05 Å². The summed E-state index contributed by atoms with van der Waals surface area (Å²) in [5.74, 6) is -0.0677. The van der Waals surface area contributed by atoms with E-state index in [0.717, 1.165) is 17.0 Å². The lowest BCUT2D eigenvalue weighted by atomic mass is 9.82. The van der Waals surface area contributed by atoms with Gasteiger partial charge in [0.25, 0.3) is 5.91 Å². The van der Waals surface area contributed by atoms with Gasteiger partial charge in [0.2, 0.25) is 0 Å². The van der Waals surface area contributed by atoms with Crippen molar-refractivity contribution in [3.8, 4) is 10.6 Å². The van der Waals surface area contributed by atoms with E-state index in [1.54, 1.807) is 17.1 Å². The van der Waals surface area contributed by atoms with Gasteiger partial charge in [0.15, 0.2) is 0 Å². The second-order valence-electron chi connectivity index (χ2n) is 7.51. The molecule has 1 N–H and O–H groups in total. The van der Waals surface area contributed by atoms with Crippen LogP contribution in [0.2, 0.25) is 0 Å². The normalized spacial score (nSPS) is 12.5. The number of aryl methyl sites for hydroxylation is 1. The first kappa shape index (κ1) is 16.7. The number of nitrogens with zero attached hydrogens (tertiary/aromatic N) is 3. The molecule has 0 aliphatic heterocycles. The summed E-state index contributed by atoms with van der Waals surface area (Å²) in [6.45, 7) is 10.6. The number of amides is 1. The lowest BCUT2D eigenvalue weighted by Gasteiger charge is -2.33. The number of hydrogen-bond donors (Lipinski definition) is 1. The van der Waals surface area contributed by atoms with Crippen LogP contribution in [0.4, 0.5) is 0 Å². The molecule has 0 aromatic carbocycles. The van der Waals surface area contributed by atoms with E-state index in [4.69, 9.17) is 0 Å². The highest BCUT2D eigenvalue weighted by atomic mass is 32.1. The van der Waals surface area contributed by atoms with E-state index in [1.165, 1.54) is 11.3 Å². The minimum absolute atomic E-state index is 0.0677. The SMILES string of the molecule is Cn1cc(-c2ncc(C(=O)NC(C)(C)CC(C)(C)C)s2)cn1. The molecule has 0 fully saturated rings. The number of thiazole rings is 1. The van der Waals surface area contributed by atoms with Crippen LogP contribution in [0.3, 0.4) is 0 Å². The van der Waals surface area contributed by atoms with Crippen molar-refractivity contribution in [2.75, 3.05) is 0 Å². The van der Waals surface area contributed by atoms with Gasteiger partial charge in [-0.15, -0.1) is 11.3 Å². The highest BCUT2D eigenvalue weighted by molar-refractivity contribution is 7.16. The predicted octanol–water partition coefficient (Wildman–Crippen LogP) is 3.49. The van der Waals surface area contributed by atoms with Gasteiger partial charge >= 0.3 is 0 Å². The third kappa shape index (κ3) is 4.40. The Labute approximate surface area is 135 Å². The molecule has 0 saturated carbocycles. The molecule has 22 heavy (non-hydrogen) atoms. The van der Waals surface area contributed by atoms with Gasteiger partial charge in [0, 0.05) is 24.3 Å². The number of aromatic nitrogens is 3. The maximum atomic E-state index is 12.4. The monoisotopic (exact) mass is 320 g/mol. The summed E-state index contributed by atoms with van der Waals surface area (Å²) >= 11 is 1.39. The predicted molar refractivity (Wildman–Crippen MR) is 89.9 cm³/mol. The van der Waals surface area contributed by atoms with E-state index in [0.29, 0.717) is 4.88 Å². The van der Waals surface area contributed by atoms with Gasteiger partial charge in [0.05, 0.1) is 12.4 Å². The zero-order valence-electron chi connectivity index (χ0n) is 14.1. The summed E-state index contributed by atoms with van der Waals surface area (Å²) in [5, 5.41) is 8.05. The van der Waals surface area contributed by atoms with Crippen LogP contribution in [0, 0.1) is 5.41 Å². The molecule has 0 radical (unpaired) electrons. The Hall–Kier alpha value is -1.69. The smallest absolute Gasteiger partial charge is 0.263 e. The summed E-state index contributed by atoms with van der Waals surface area (Å²) in [4.78, 5) is 17.4. The van der Waals surface area contributed by atoms with Gasteiger partial charge in [-0.1, -0.05) is 20.8 Å². The molecule has 2 aromatic rings. The Bertz CT molecular complexity index is 664. The molecule has 1 amide bonds. The van der Waals surface area contributed by atoms with Crippen molar-refractivity contribution >= 4 is 17.2 Å².